The number of rotatable bonds is 3. The molecule has 0 unspecified atom stereocenters. The van der Waals surface area contributed by atoms with Crippen LogP contribution in [0.2, 0.25) is 10.0 Å². The maximum absolute atomic E-state index is 12.2. The second-order valence-corrected chi connectivity index (χ2v) is 6.78. The highest BCUT2D eigenvalue weighted by molar-refractivity contribution is 6.36. The zero-order chi connectivity index (χ0) is 15.8. The molecule has 0 aromatic heterocycles. The van der Waals surface area contributed by atoms with Gasteiger partial charge in [-0.1, -0.05) is 37.0 Å². The van der Waals surface area contributed by atoms with E-state index in [0.717, 1.165) is 4.90 Å². The molecule has 2 amide bonds. The molecule has 1 aromatic rings. The quantitative estimate of drug-likeness (QED) is 0.631. The molecular formula is C15H15Cl2NO3. The molecule has 0 saturated carbocycles. The molecule has 0 bridgehead atoms. The fraction of sp³-hybridized carbons (Fsp3) is 0.400. The number of benzene rings is 1. The minimum Gasteiger partial charge on any atom is -0.292 e. The highest BCUT2D eigenvalue weighted by Crippen LogP contribution is 2.31. The first kappa shape index (κ1) is 16.0. The summed E-state index contributed by atoms with van der Waals surface area (Å²) < 4.78 is 0. The van der Waals surface area contributed by atoms with E-state index in [-0.39, 0.29) is 47.2 Å². The lowest BCUT2D eigenvalue weighted by atomic mass is 9.81. The topological polar surface area (TPSA) is 54.5 Å². The smallest absolute Gasteiger partial charge is 0.230 e. The third-order valence-corrected chi connectivity index (χ3v) is 3.96. The van der Waals surface area contributed by atoms with Crippen molar-refractivity contribution in [1.82, 2.24) is 4.90 Å². The van der Waals surface area contributed by atoms with Crippen LogP contribution in [0.25, 0.3) is 0 Å². The average molecular weight is 328 g/mol. The van der Waals surface area contributed by atoms with Gasteiger partial charge in [-0.15, -0.1) is 0 Å². The number of carbonyl (C=O) groups excluding carboxylic acids is 3. The molecule has 1 aliphatic rings. The fourth-order valence-electron chi connectivity index (χ4n) is 2.33. The number of hydrogen-bond donors (Lipinski definition) is 0. The van der Waals surface area contributed by atoms with Crippen molar-refractivity contribution in [2.45, 2.75) is 26.7 Å². The van der Waals surface area contributed by atoms with E-state index in [0.29, 0.717) is 5.02 Å². The number of carbonyl (C=O) groups is 3. The van der Waals surface area contributed by atoms with Crippen LogP contribution < -0.4 is 0 Å². The maximum Gasteiger partial charge on any atom is 0.230 e. The van der Waals surface area contributed by atoms with Gasteiger partial charge in [-0.2, -0.15) is 0 Å². The molecule has 2 rings (SSSR count). The Kier molecular flexibility index (Phi) is 4.40. The first-order chi connectivity index (χ1) is 9.69. The summed E-state index contributed by atoms with van der Waals surface area (Å²) >= 11 is 11.8. The van der Waals surface area contributed by atoms with E-state index in [9.17, 15) is 14.4 Å². The zero-order valence-corrected chi connectivity index (χ0v) is 13.3. The summed E-state index contributed by atoms with van der Waals surface area (Å²) in [5.74, 6) is -1.06. The van der Waals surface area contributed by atoms with E-state index in [1.165, 1.54) is 12.1 Å². The predicted molar refractivity (Wildman–Crippen MR) is 80.5 cm³/mol. The summed E-state index contributed by atoms with van der Waals surface area (Å²) in [6, 6.07) is 4.52. The largest absolute Gasteiger partial charge is 0.292 e. The van der Waals surface area contributed by atoms with Crippen LogP contribution in [0.4, 0.5) is 0 Å². The van der Waals surface area contributed by atoms with Crippen LogP contribution in [0, 0.1) is 5.41 Å². The Morgan fingerprint density at radius 3 is 2.33 bits per heavy atom. The van der Waals surface area contributed by atoms with Gasteiger partial charge in [0.05, 0.1) is 11.6 Å². The van der Waals surface area contributed by atoms with Gasteiger partial charge in [0.2, 0.25) is 11.8 Å². The van der Waals surface area contributed by atoms with Crippen LogP contribution in [0.3, 0.4) is 0 Å². The summed E-state index contributed by atoms with van der Waals surface area (Å²) in [5.41, 5.74) is -0.142. The lowest BCUT2D eigenvalue weighted by Gasteiger charge is -2.34. The normalized spacial score (nSPS) is 18.0. The van der Waals surface area contributed by atoms with Gasteiger partial charge in [0.25, 0.3) is 0 Å². The van der Waals surface area contributed by atoms with Crippen molar-refractivity contribution < 1.29 is 14.4 Å². The lowest BCUT2D eigenvalue weighted by Crippen LogP contribution is -2.48. The van der Waals surface area contributed by atoms with Gasteiger partial charge in [-0.3, -0.25) is 19.3 Å². The minimum absolute atomic E-state index is 0.217. The Morgan fingerprint density at radius 1 is 1.19 bits per heavy atom. The summed E-state index contributed by atoms with van der Waals surface area (Å²) in [5, 5.41) is 0.627. The van der Waals surface area contributed by atoms with Crippen molar-refractivity contribution >= 4 is 40.8 Å². The van der Waals surface area contributed by atoms with Crippen LogP contribution in [-0.2, 0) is 9.59 Å². The van der Waals surface area contributed by atoms with Crippen LogP contribution in [-0.4, -0.2) is 29.0 Å². The Morgan fingerprint density at radius 2 is 1.76 bits per heavy atom. The van der Waals surface area contributed by atoms with E-state index in [4.69, 9.17) is 23.2 Å². The highest BCUT2D eigenvalue weighted by Gasteiger charge is 2.38. The van der Waals surface area contributed by atoms with Gasteiger partial charge in [-0.05, 0) is 23.6 Å². The van der Waals surface area contributed by atoms with Gasteiger partial charge in [0.1, 0.15) is 0 Å². The molecule has 6 heteroatoms. The van der Waals surface area contributed by atoms with E-state index in [1.807, 2.05) is 13.8 Å². The minimum atomic E-state index is -0.399. The zero-order valence-electron chi connectivity index (χ0n) is 11.8. The van der Waals surface area contributed by atoms with Crippen molar-refractivity contribution in [3.63, 3.8) is 0 Å². The van der Waals surface area contributed by atoms with Gasteiger partial charge in [-0.25, -0.2) is 0 Å². The lowest BCUT2D eigenvalue weighted by molar-refractivity contribution is -0.151. The number of Topliss-reactive ketones (excluding diaryl/α,β-unsaturated/α-hetero) is 1. The summed E-state index contributed by atoms with van der Waals surface area (Å²) in [4.78, 5) is 37.3. The average Bonchev–Trinajstić information content (AvgIpc) is 2.35. The van der Waals surface area contributed by atoms with Crippen LogP contribution >= 0.6 is 23.2 Å². The Hall–Kier alpha value is -1.39. The first-order valence-electron chi connectivity index (χ1n) is 6.51. The molecule has 1 heterocycles. The van der Waals surface area contributed by atoms with Crippen LogP contribution in [0.5, 0.6) is 0 Å². The first-order valence-corrected chi connectivity index (χ1v) is 7.27. The Bertz CT molecular complexity index is 605. The number of halogens is 2. The third-order valence-electron chi connectivity index (χ3n) is 3.39. The SMILES string of the molecule is CC1(C)CC(=O)N(CC(=O)c2cc(Cl)ccc2Cl)C(=O)C1. The monoisotopic (exact) mass is 327 g/mol. The number of likely N-dealkylation sites (tertiary alicyclic amines) is 1. The molecule has 0 radical (unpaired) electrons. The van der Waals surface area contributed by atoms with Crippen LogP contribution in [0.15, 0.2) is 18.2 Å². The van der Waals surface area contributed by atoms with E-state index >= 15 is 0 Å². The second-order valence-electron chi connectivity index (χ2n) is 5.94. The molecule has 1 aliphatic heterocycles. The molecule has 0 N–H and O–H groups in total. The van der Waals surface area contributed by atoms with Gasteiger partial charge >= 0.3 is 0 Å². The number of amides is 2. The van der Waals surface area contributed by atoms with Gasteiger partial charge in [0, 0.05) is 23.4 Å². The number of ketones is 1. The molecule has 0 aliphatic carbocycles. The predicted octanol–water partition coefficient (Wildman–Crippen LogP) is 3.35. The number of imide groups is 1. The Balaban J connectivity index is 2.18. The van der Waals surface area contributed by atoms with Crippen LogP contribution in [0.1, 0.15) is 37.0 Å². The molecule has 4 nitrogen and oxygen atoms in total. The highest BCUT2D eigenvalue weighted by atomic mass is 35.5. The molecule has 0 spiro atoms. The summed E-state index contributed by atoms with van der Waals surface area (Å²) in [6.45, 7) is 3.42. The number of piperidine rings is 1. The molecule has 112 valence electrons. The maximum atomic E-state index is 12.2. The Labute approximate surface area is 133 Å². The standard InChI is InChI=1S/C15H15Cl2NO3/c1-15(2)6-13(20)18(14(21)7-15)8-12(19)10-5-9(16)3-4-11(10)17/h3-5H,6-8H2,1-2H3. The summed E-state index contributed by atoms with van der Waals surface area (Å²) in [6.07, 6.45) is 0.491. The molecule has 21 heavy (non-hydrogen) atoms. The molecule has 1 saturated heterocycles. The van der Waals surface area contributed by atoms with Crippen molar-refractivity contribution in [1.29, 1.82) is 0 Å². The molecular weight excluding hydrogens is 313 g/mol. The van der Waals surface area contributed by atoms with Gasteiger partial charge in [0.15, 0.2) is 5.78 Å². The third kappa shape index (κ3) is 3.63. The molecule has 0 atom stereocenters. The van der Waals surface area contributed by atoms with Crippen molar-refractivity contribution in [3.05, 3.63) is 33.8 Å². The molecule has 1 aromatic carbocycles. The van der Waals surface area contributed by atoms with Crippen molar-refractivity contribution in [2.24, 2.45) is 5.41 Å². The van der Waals surface area contributed by atoms with Crippen molar-refractivity contribution in [3.8, 4) is 0 Å². The van der Waals surface area contributed by atoms with Gasteiger partial charge < -0.3 is 0 Å². The fourth-order valence-corrected chi connectivity index (χ4v) is 2.72. The number of nitrogens with zero attached hydrogens (tertiary/aromatic N) is 1. The number of hydrogen-bond acceptors (Lipinski definition) is 3. The second kappa shape index (κ2) is 5.78. The van der Waals surface area contributed by atoms with E-state index in [1.54, 1.807) is 6.07 Å². The summed E-state index contributed by atoms with van der Waals surface area (Å²) in [7, 11) is 0. The van der Waals surface area contributed by atoms with E-state index < -0.39 is 5.78 Å². The van der Waals surface area contributed by atoms with E-state index in [2.05, 4.69) is 0 Å². The molecule has 1 fully saturated rings. The van der Waals surface area contributed by atoms with Crippen molar-refractivity contribution in [2.75, 3.05) is 6.54 Å².